The maximum Gasteiger partial charge on any atom is 0.363 e. The summed E-state index contributed by atoms with van der Waals surface area (Å²) >= 11 is 0. The second-order valence-electron chi connectivity index (χ2n) is 4.56. The molecule has 0 aliphatic heterocycles. The number of rotatable bonds is 5. The first-order valence-corrected chi connectivity index (χ1v) is 8.09. The van der Waals surface area contributed by atoms with Crippen molar-refractivity contribution >= 4 is 24.1 Å². The lowest BCUT2D eigenvalue weighted by atomic mass is 10.1. The maximum absolute atomic E-state index is 12.7. The number of tetrazole rings is 1. The molecule has 1 aromatic carbocycles. The molecule has 2 aromatic heterocycles. The van der Waals surface area contributed by atoms with Gasteiger partial charge in [0.1, 0.15) is 0 Å². The van der Waals surface area contributed by atoms with Crippen molar-refractivity contribution in [3.63, 3.8) is 0 Å². The Kier molecular flexibility index (Phi) is 3.92. The molecule has 8 nitrogen and oxygen atoms in total. The first kappa shape index (κ1) is 15.1. The average Bonchev–Trinajstić information content (AvgIpc) is 3.04. The van der Waals surface area contributed by atoms with Crippen LogP contribution in [0.4, 0.5) is 0 Å². The van der Waals surface area contributed by atoms with Crippen molar-refractivity contribution in [3.8, 4) is 0 Å². The van der Waals surface area contributed by atoms with E-state index in [1.54, 1.807) is 10.6 Å². The molecule has 0 saturated heterocycles. The van der Waals surface area contributed by atoms with Gasteiger partial charge in [0.05, 0.1) is 5.52 Å². The van der Waals surface area contributed by atoms with E-state index in [0.717, 1.165) is 10.9 Å². The number of benzene rings is 1. The average molecular weight is 322 g/mol. The third-order valence-electron chi connectivity index (χ3n) is 3.52. The molecular formula is C13H15N4O4P. The van der Waals surface area contributed by atoms with E-state index in [4.69, 9.17) is 13.8 Å². The molecule has 9 heteroatoms. The van der Waals surface area contributed by atoms with Crippen LogP contribution in [0.25, 0.3) is 16.6 Å². The highest BCUT2D eigenvalue weighted by molar-refractivity contribution is 7.54. The van der Waals surface area contributed by atoms with Crippen LogP contribution in [0.5, 0.6) is 0 Å². The summed E-state index contributed by atoms with van der Waals surface area (Å²) in [4.78, 5) is 0. The molecule has 0 amide bonds. The minimum atomic E-state index is -3.45. The molecule has 2 heterocycles. The van der Waals surface area contributed by atoms with Gasteiger partial charge in [-0.3, -0.25) is 4.57 Å². The predicted octanol–water partition coefficient (Wildman–Crippen LogP) is 2.41. The van der Waals surface area contributed by atoms with Crippen LogP contribution in [-0.4, -0.2) is 41.4 Å². The fourth-order valence-corrected chi connectivity index (χ4v) is 3.83. The number of pyridine rings is 1. The highest BCUT2D eigenvalue weighted by atomic mass is 31.2. The van der Waals surface area contributed by atoms with Crippen LogP contribution in [0.3, 0.4) is 0 Å². The summed E-state index contributed by atoms with van der Waals surface area (Å²) in [5.41, 5.74) is 2.09. The summed E-state index contributed by atoms with van der Waals surface area (Å²) in [6, 6.07) is 9.15. The van der Waals surface area contributed by atoms with E-state index in [9.17, 15) is 4.57 Å². The number of ether oxygens (including phenoxy) is 1. The molecule has 0 fully saturated rings. The molecule has 0 radical (unpaired) electrons. The molecule has 0 aliphatic rings. The molecular weight excluding hydrogens is 307 g/mol. The summed E-state index contributed by atoms with van der Waals surface area (Å²) < 4.78 is 29.9. The lowest BCUT2D eigenvalue weighted by molar-refractivity contribution is 0.124. The van der Waals surface area contributed by atoms with Crippen LogP contribution in [-0.2, 0) is 18.3 Å². The summed E-state index contributed by atoms with van der Waals surface area (Å²) in [7, 11) is 0.684. The zero-order valence-corrected chi connectivity index (χ0v) is 13.2. The van der Waals surface area contributed by atoms with Gasteiger partial charge in [-0.25, -0.2) is 0 Å². The van der Waals surface area contributed by atoms with Crippen LogP contribution in [0.1, 0.15) is 11.4 Å². The summed E-state index contributed by atoms with van der Waals surface area (Å²) in [6.07, 6.45) is 0. The zero-order chi connectivity index (χ0) is 15.7. The highest BCUT2D eigenvalue weighted by Gasteiger charge is 2.36. The van der Waals surface area contributed by atoms with E-state index >= 15 is 0 Å². The highest BCUT2D eigenvalue weighted by Crippen LogP contribution is 2.60. The number of aromatic nitrogens is 4. The molecule has 0 aliphatic carbocycles. The van der Waals surface area contributed by atoms with Crippen molar-refractivity contribution in [2.45, 2.75) is 5.85 Å². The molecule has 3 aromatic rings. The molecule has 22 heavy (non-hydrogen) atoms. The Balaban J connectivity index is 2.28. The van der Waals surface area contributed by atoms with E-state index in [-0.39, 0.29) is 0 Å². The molecule has 0 saturated carbocycles. The van der Waals surface area contributed by atoms with Crippen molar-refractivity contribution in [2.75, 3.05) is 21.3 Å². The second kappa shape index (κ2) is 5.73. The van der Waals surface area contributed by atoms with Gasteiger partial charge >= 0.3 is 7.60 Å². The fraction of sp³-hybridized carbons (Fsp3) is 0.308. The van der Waals surface area contributed by atoms with Crippen molar-refractivity contribution in [2.24, 2.45) is 0 Å². The van der Waals surface area contributed by atoms with Crippen LogP contribution < -0.4 is 0 Å². The molecule has 1 unspecified atom stereocenters. The Morgan fingerprint density at radius 1 is 1.14 bits per heavy atom. The third-order valence-corrected chi connectivity index (χ3v) is 5.60. The number of hydrogen-bond acceptors (Lipinski definition) is 7. The largest absolute Gasteiger partial charge is 0.364 e. The minimum absolute atomic E-state index is 0.625. The number of hydrogen-bond donors (Lipinski definition) is 0. The van der Waals surface area contributed by atoms with Gasteiger partial charge in [-0.2, -0.15) is 4.52 Å². The Hall–Kier alpha value is -1.86. The van der Waals surface area contributed by atoms with Crippen molar-refractivity contribution < 1.29 is 18.3 Å². The van der Waals surface area contributed by atoms with Crippen LogP contribution in [0.2, 0.25) is 0 Å². The van der Waals surface area contributed by atoms with Gasteiger partial charge in [-0.15, -0.1) is 5.10 Å². The van der Waals surface area contributed by atoms with E-state index in [1.165, 1.54) is 21.3 Å². The van der Waals surface area contributed by atoms with Gasteiger partial charge in [-0.05, 0) is 28.6 Å². The molecule has 3 rings (SSSR count). The SMILES string of the molecule is COC(c1cccc2c1ccc1nnnn12)P(=O)(OC)OC. The molecule has 0 spiro atoms. The molecule has 0 bridgehead atoms. The summed E-state index contributed by atoms with van der Waals surface area (Å²) in [6.45, 7) is 0. The van der Waals surface area contributed by atoms with Gasteiger partial charge in [0.15, 0.2) is 11.5 Å². The predicted molar refractivity (Wildman–Crippen MR) is 79.7 cm³/mol. The van der Waals surface area contributed by atoms with E-state index in [1.807, 2.05) is 24.3 Å². The number of nitrogens with zero attached hydrogens (tertiary/aromatic N) is 4. The quantitative estimate of drug-likeness (QED) is 0.666. The van der Waals surface area contributed by atoms with Crippen LogP contribution in [0, 0.1) is 0 Å². The van der Waals surface area contributed by atoms with Gasteiger partial charge in [0.25, 0.3) is 0 Å². The van der Waals surface area contributed by atoms with E-state index in [2.05, 4.69) is 15.5 Å². The van der Waals surface area contributed by atoms with Crippen molar-refractivity contribution in [1.82, 2.24) is 20.0 Å². The van der Waals surface area contributed by atoms with Gasteiger partial charge in [0.2, 0.25) is 0 Å². The number of fused-ring (bicyclic) bond motifs is 3. The lowest BCUT2D eigenvalue weighted by Crippen LogP contribution is -2.07. The smallest absolute Gasteiger partial charge is 0.363 e. The Morgan fingerprint density at radius 2 is 1.91 bits per heavy atom. The molecule has 116 valence electrons. The maximum atomic E-state index is 12.7. The summed E-state index contributed by atoms with van der Waals surface area (Å²) in [5, 5.41) is 12.3. The third kappa shape index (κ3) is 2.21. The lowest BCUT2D eigenvalue weighted by Gasteiger charge is -2.24. The van der Waals surface area contributed by atoms with Crippen LogP contribution >= 0.6 is 7.60 Å². The van der Waals surface area contributed by atoms with Gasteiger partial charge in [0, 0.05) is 32.3 Å². The van der Waals surface area contributed by atoms with E-state index < -0.39 is 13.4 Å². The second-order valence-corrected chi connectivity index (χ2v) is 6.83. The zero-order valence-electron chi connectivity index (χ0n) is 12.3. The van der Waals surface area contributed by atoms with Crippen molar-refractivity contribution in [3.05, 3.63) is 35.9 Å². The van der Waals surface area contributed by atoms with Crippen molar-refractivity contribution in [1.29, 1.82) is 0 Å². The monoisotopic (exact) mass is 322 g/mol. The fourth-order valence-electron chi connectivity index (χ4n) is 2.47. The molecule has 0 N–H and O–H groups in total. The Morgan fingerprint density at radius 3 is 2.59 bits per heavy atom. The normalized spacial score (nSPS) is 13.8. The van der Waals surface area contributed by atoms with Gasteiger partial charge < -0.3 is 13.8 Å². The topological polar surface area (TPSA) is 87.8 Å². The van der Waals surface area contributed by atoms with Gasteiger partial charge in [-0.1, -0.05) is 12.1 Å². The Bertz CT molecular complexity index is 857. The Labute approximate surface area is 126 Å². The first-order valence-electron chi connectivity index (χ1n) is 6.48. The van der Waals surface area contributed by atoms with Crippen LogP contribution in [0.15, 0.2) is 30.3 Å². The number of methoxy groups -OCH3 is 1. The van der Waals surface area contributed by atoms with E-state index in [0.29, 0.717) is 11.2 Å². The summed E-state index contributed by atoms with van der Waals surface area (Å²) in [5.74, 6) is -0.847. The molecule has 1 atom stereocenters. The standard InChI is InChI=1S/C13H15N4O4P/c1-19-13(22(18,20-2)21-3)10-5-4-6-11-9(10)7-8-12-14-15-16-17(11)12/h4-8,13H,1-3H3. The minimum Gasteiger partial charge on any atom is -0.364 e. The first-order chi connectivity index (χ1) is 10.6.